The first-order valence-electron chi connectivity index (χ1n) is 9.70. The Morgan fingerprint density at radius 2 is 1.97 bits per heavy atom. The molecule has 0 aromatic carbocycles. The van der Waals surface area contributed by atoms with Gasteiger partial charge in [0.1, 0.15) is 17.7 Å². The molecule has 0 unspecified atom stereocenters. The highest BCUT2D eigenvalue weighted by Crippen LogP contribution is 2.25. The number of nitrogens with two attached hydrogens (primary N) is 1. The average Bonchev–Trinajstić information content (AvgIpc) is 2.80. The molecule has 0 aliphatic carbocycles. The molecule has 4 heterocycles. The topological polar surface area (TPSA) is 159 Å². The smallest absolute Gasteiger partial charge is 0.252 e. The molecule has 156 valence electrons. The lowest BCUT2D eigenvalue weighted by molar-refractivity contribution is 0.100. The highest BCUT2D eigenvalue weighted by molar-refractivity contribution is 5.98. The first kappa shape index (κ1) is 20.0. The van der Waals surface area contributed by atoms with Crippen LogP contribution in [0, 0.1) is 11.3 Å². The predicted octanol–water partition coefficient (Wildman–Crippen LogP) is 1.46. The molecule has 1 saturated heterocycles. The molecule has 1 aliphatic heterocycles. The van der Waals surface area contributed by atoms with Gasteiger partial charge < -0.3 is 21.3 Å². The summed E-state index contributed by atoms with van der Waals surface area (Å²) in [5.74, 6) is 1.27. The van der Waals surface area contributed by atoms with Gasteiger partial charge in [0.05, 0.1) is 17.4 Å². The first-order valence-corrected chi connectivity index (χ1v) is 9.70. The van der Waals surface area contributed by atoms with Crippen LogP contribution in [0.5, 0.6) is 0 Å². The van der Waals surface area contributed by atoms with Crippen molar-refractivity contribution in [2.75, 3.05) is 28.6 Å². The average molecular weight is 416 g/mol. The van der Waals surface area contributed by atoms with Crippen LogP contribution in [-0.4, -0.2) is 50.2 Å². The Balaban J connectivity index is 1.43. The van der Waals surface area contributed by atoms with Crippen molar-refractivity contribution in [3.05, 3.63) is 54.2 Å². The maximum Gasteiger partial charge on any atom is 0.252 e. The number of anilines is 4. The molecule has 3 aromatic rings. The van der Waals surface area contributed by atoms with Gasteiger partial charge in [-0.2, -0.15) is 5.26 Å². The summed E-state index contributed by atoms with van der Waals surface area (Å²) in [6, 6.07) is 7.32. The lowest BCUT2D eigenvalue weighted by Gasteiger charge is -2.33. The maximum atomic E-state index is 11.9. The molecule has 1 amide bonds. The Morgan fingerprint density at radius 1 is 1.13 bits per heavy atom. The third kappa shape index (κ3) is 4.81. The van der Waals surface area contributed by atoms with Gasteiger partial charge in [-0.05, 0) is 25.0 Å². The number of hydrogen-bond acceptors (Lipinski definition) is 10. The SMILES string of the molecule is N#Cc1ccc(N2CCC(Nc3cc(Nc4cnccn4)ncc3C(N)=O)CC2)nn1. The summed E-state index contributed by atoms with van der Waals surface area (Å²) >= 11 is 0. The van der Waals surface area contributed by atoms with E-state index in [0.717, 1.165) is 31.7 Å². The van der Waals surface area contributed by atoms with Crippen LogP contribution in [-0.2, 0) is 0 Å². The molecule has 1 aliphatic rings. The molecule has 0 atom stereocenters. The third-order valence-corrected chi connectivity index (χ3v) is 4.93. The molecular formula is C20H20N10O. The Labute approximate surface area is 178 Å². The highest BCUT2D eigenvalue weighted by Gasteiger charge is 2.22. The van der Waals surface area contributed by atoms with Crippen LogP contribution < -0.4 is 21.3 Å². The number of carbonyl (C=O) groups excluding carboxylic acids is 1. The Kier molecular flexibility index (Phi) is 5.79. The van der Waals surface area contributed by atoms with E-state index < -0.39 is 5.91 Å². The van der Waals surface area contributed by atoms with Gasteiger partial charge in [0.25, 0.3) is 5.91 Å². The fourth-order valence-electron chi connectivity index (χ4n) is 3.36. The van der Waals surface area contributed by atoms with Crippen molar-refractivity contribution in [2.24, 2.45) is 5.73 Å². The van der Waals surface area contributed by atoms with Crippen LogP contribution >= 0.6 is 0 Å². The zero-order valence-corrected chi connectivity index (χ0v) is 16.6. The third-order valence-electron chi connectivity index (χ3n) is 4.93. The minimum Gasteiger partial charge on any atom is -0.381 e. The summed E-state index contributed by atoms with van der Waals surface area (Å²) < 4.78 is 0. The van der Waals surface area contributed by atoms with Gasteiger partial charge >= 0.3 is 0 Å². The Hall–Kier alpha value is -4.33. The van der Waals surface area contributed by atoms with E-state index in [1.165, 1.54) is 6.20 Å². The van der Waals surface area contributed by atoms with Crippen LogP contribution in [0.15, 0.2) is 43.0 Å². The van der Waals surface area contributed by atoms with Gasteiger partial charge in [0.2, 0.25) is 0 Å². The van der Waals surface area contributed by atoms with Crippen molar-refractivity contribution in [1.82, 2.24) is 25.1 Å². The molecule has 4 rings (SSSR count). The van der Waals surface area contributed by atoms with Crippen molar-refractivity contribution in [1.29, 1.82) is 5.26 Å². The number of aromatic nitrogens is 5. The number of pyridine rings is 1. The van der Waals surface area contributed by atoms with Crippen molar-refractivity contribution < 1.29 is 4.79 Å². The van der Waals surface area contributed by atoms with Crippen LogP contribution in [0.25, 0.3) is 0 Å². The van der Waals surface area contributed by atoms with Gasteiger partial charge in [-0.25, -0.2) is 9.97 Å². The van der Waals surface area contributed by atoms with Crippen molar-refractivity contribution in [3.63, 3.8) is 0 Å². The number of carbonyl (C=O) groups is 1. The number of primary amides is 1. The van der Waals surface area contributed by atoms with Gasteiger partial charge in [-0.3, -0.25) is 9.78 Å². The number of rotatable bonds is 6. The summed E-state index contributed by atoms with van der Waals surface area (Å²) in [6.07, 6.45) is 7.84. The quantitative estimate of drug-likeness (QED) is 0.537. The summed E-state index contributed by atoms with van der Waals surface area (Å²) in [5.41, 5.74) is 6.77. The molecule has 0 saturated carbocycles. The molecule has 1 fully saturated rings. The molecule has 0 bridgehead atoms. The Bertz CT molecular complexity index is 1090. The first-order chi connectivity index (χ1) is 15.1. The number of nitrogens with zero attached hydrogens (tertiary/aromatic N) is 7. The van der Waals surface area contributed by atoms with Gasteiger partial charge in [0, 0.05) is 43.8 Å². The van der Waals surface area contributed by atoms with Crippen molar-refractivity contribution in [3.8, 4) is 6.07 Å². The van der Waals surface area contributed by atoms with Crippen molar-refractivity contribution >= 4 is 29.0 Å². The fraction of sp³-hybridized carbons (Fsp3) is 0.250. The van der Waals surface area contributed by atoms with Crippen LogP contribution in [0.3, 0.4) is 0 Å². The van der Waals surface area contributed by atoms with E-state index in [1.807, 2.05) is 6.07 Å². The molecule has 0 radical (unpaired) electrons. The van der Waals surface area contributed by atoms with E-state index in [2.05, 4.69) is 40.7 Å². The second kappa shape index (κ2) is 9.00. The van der Waals surface area contributed by atoms with E-state index in [4.69, 9.17) is 11.0 Å². The van der Waals surface area contributed by atoms with E-state index in [1.54, 1.807) is 36.8 Å². The normalized spacial score (nSPS) is 14.0. The predicted molar refractivity (Wildman–Crippen MR) is 114 cm³/mol. The maximum absolute atomic E-state index is 11.9. The lowest BCUT2D eigenvalue weighted by atomic mass is 10.0. The van der Waals surface area contributed by atoms with E-state index in [9.17, 15) is 4.79 Å². The van der Waals surface area contributed by atoms with Crippen LogP contribution in [0.2, 0.25) is 0 Å². The molecule has 0 spiro atoms. The van der Waals surface area contributed by atoms with Gasteiger partial charge in [-0.1, -0.05) is 0 Å². The zero-order chi connectivity index (χ0) is 21.6. The fourth-order valence-corrected chi connectivity index (χ4v) is 3.36. The second-order valence-corrected chi connectivity index (χ2v) is 6.99. The highest BCUT2D eigenvalue weighted by atomic mass is 16.1. The largest absolute Gasteiger partial charge is 0.381 e. The second-order valence-electron chi connectivity index (χ2n) is 6.99. The summed E-state index contributed by atoms with van der Waals surface area (Å²) in [5, 5.41) is 23.3. The monoisotopic (exact) mass is 416 g/mol. The minimum atomic E-state index is -0.550. The summed E-state index contributed by atoms with van der Waals surface area (Å²) in [4.78, 5) is 26.4. The molecule has 4 N–H and O–H groups in total. The number of piperidine rings is 1. The number of hydrogen-bond donors (Lipinski definition) is 3. The molecule has 11 heteroatoms. The molecular weight excluding hydrogens is 396 g/mol. The Morgan fingerprint density at radius 3 is 2.61 bits per heavy atom. The summed E-state index contributed by atoms with van der Waals surface area (Å²) in [6.45, 7) is 1.53. The standard InChI is InChI=1S/C20H20N10O/c21-10-14-1-2-19(29-28-14)30-7-3-13(4-8-30)26-16-9-17(25-11-15(16)20(22)31)27-18-12-23-5-6-24-18/h1-2,5-6,9,11-13H,3-4,7-8H2,(H2,22,31)(H2,24,25,26,27). The van der Waals surface area contributed by atoms with E-state index in [-0.39, 0.29) is 6.04 Å². The van der Waals surface area contributed by atoms with E-state index >= 15 is 0 Å². The number of nitriles is 1. The molecule has 3 aromatic heterocycles. The summed E-state index contributed by atoms with van der Waals surface area (Å²) in [7, 11) is 0. The zero-order valence-electron chi connectivity index (χ0n) is 16.6. The van der Waals surface area contributed by atoms with Crippen LogP contribution in [0.4, 0.5) is 23.1 Å². The van der Waals surface area contributed by atoms with Crippen LogP contribution in [0.1, 0.15) is 28.9 Å². The molecule has 11 nitrogen and oxygen atoms in total. The van der Waals surface area contributed by atoms with Gasteiger partial charge in [0.15, 0.2) is 11.5 Å². The van der Waals surface area contributed by atoms with E-state index in [0.29, 0.717) is 28.6 Å². The molecule has 31 heavy (non-hydrogen) atoms. The minimum absolute atomic E-state index is 0.146. The number of amides is 1. The van der Waals surface area contributed by atoms with Crippen molar-refractivity contribution in [2.45, 2.75) is 18.9 Å². The lowest BCUT2D eigenvalue weighted by Crippen LogP contribution is -2.40. The van der Waals surface area contributed by atoms with Gasteiger partial charge in [-0.15, -0.1) is 10.2 Å². The number of nitrogens with one attached hydrogen (secondary N) is 2.